The fourth-order valence-electron chi connectivity index (χ4n) is 2.93. The highest BCUT2D eigenvalue weighted by molar-refractivity contribution is 7.09. The van der Waals surface area contributed by atoms with Crippen LogP contribution in [0.25, 0.3) is 16.6 Å². The molecule has 4 N–H and O–H groups in total. The summed E-state index contributed by atoms with van der Waals surface area (Å²) in [6.07, 6.45) is 0.478. The van der Waals surface area contributed by atoms with E-state index in [-0.39, 0.29) is 0 Å². The third-order valence-electron chi connectivity index (χ3n) is 4.29. The zero-order valence-corrected chi connectivity index (χ0v) is 15.9. The third kappa shape index (κ3) is 3.42. The van der Waals surface area contributed by atoms with Crippen LogP contribution < -0.4 is 5.73 Å². The summed E-state index contributed by atoms with van der Waals surface area (Å²) in [5, 5.41) is 28.0. The number of hydrogen-bond donors (Lipinski definition) is 3. The number of nitrogens with two attached hydrogens (primary N) is 1. The molecule has 140 valence electrons. The number of aromatic nitrogens is 3. The topological polar surface area (TPSA) is 97.2 Å². The third-order valence-corrected chi connectivity index (χ3v) is 5.27. The molecule has 0 saturated carbocycles. The van der Waals surface area contributed by atoms with Gasteiger partial charge in [-0.15, -0.1) is 11.3 Å². The fourth-order valence-corrected chi connectivity index (χ4v) is 3.59. The van der Waals surface area contributed by atoms with E-state index in [1.54, 1.807) is 23.2 Å². The molecule has 0 bridgehead atoms. The Morgan fingerprint density at radius 2 is 2.04 bits per heavy atom. The molecule has 0 fully saturated rings. The van der Waals surface area contributed by atoms with Crippen molar-refractivity contribution >= 4 is 22.2 Å². The molecule has 4 rings (SSSR count). The van der Waals surface area contributed by atoms with Crippen molar-refractivity contribution in [3.63, 3.8) is 0 Å². The number of aliphatic hydroxyl groups is 2. The number of nitrogens with zero attached hydrogens (tertiary/aromatic N) is 3. The first-order valence-electron chi connectivity index (χ1n) is 8.63. The Kier molecular flexibility index (Phi) is 4.71. The van der Waals surface area contributed by atoms with E-state index in [0.717, 1.165) is 22.2 Å². The van der Waals surface area contributed by atoms with Crippen molar-refractivity contribution in [2.75, 3.05) is 0 Å². The highest BCUT2D eigenvalue weighted by Gasteiger charge is 2.22. The lowest BCUT2D eigenvalue weighted by atomic mass is 10.1. The van der Waals surface area contributed by atoms with Crippen LogP contribution in [-0.2, 0) is 5.60 Å². The molecule has 0 aliphatic heterocycles. The first-order valence-corrected chi connectivity index (χ1v) is 9.51. The Morgan fingerprint density at radius 3 is 2.79 bits per heavy atom. The van der Waals surface area contributed by atoms with E-state index >= 15 is 0 Å². The lowest BCUT2D eigenvalue weighted by Gasteiger charge is -2.12. The maximum absolute atomic E-state index is 10.5. The van der Waals surface area contributed by atoms with Gasteiger partial charge >= 0.3 is 0 Å². The molecule has 1 unspecified atom stereocenters. The van der Waals surface area contributed by atoms with Gasteiger partial charge in [-0.2, -0.15) is 5.10 Å². The van der Waals surface area contributed by atoms with E-state index in [0.29, 0.717) is 10.7 Å². The second kappa shape index (κ2) is 7.19. The Balaban J connectivity index is 1.75. The highest BCUT2D eigenvalue weighted by atomic mass is 32.1. The van der Waals surface area contributed by atoms with Gasteiger partial charge in [-0.25, -0.2) is 9.67 Å². The van der Waals surface area contributed by atoms with Crippen LogP contribution in [0.1, 0.15) is 29.4 Å². The van der Waals surface area contributed by atoms with E-state index in [2.05, 4.69) is 21.9 Å². The molecule has 2 atom stereocenters. The molecule has 0 saturated heterocycles. The summed E-state index contributed by atoms with van der Waals surface area (Å²) in [4.78, 5) is 4.14. The summed E-state index contributed by atoms with van der Waals surface area (Å²) < 4.78 is 1.73. The standard InChI is InChI=1S/C21H18N4O2S/c1-21(27,20-23-11-12-28-20)10-9-14-5-4-6-15(13-14)25-17-8-3-2-7-16(17)18(24-25)19(22)26/h2-8,11-13,19,26-27H,22H2,1H3/t19?,21-/m1/s1. The van der Waals surface area contributed by atoms with Gasteiger partial charge in [0.2, 0.25) is 0 Å². The predicted molar refractivity (Wildman–Crippen MR) is 109 cm³/mol. The smallest absolute Gasteiger partial charge is 0.174 e. The van der Waals surface area contributed by atoms with Crippen LogP contribution in [0.4, 0.5) is 0 Å². The van der Waals surface area contributed by atoms with Gasteiger partial charge in [0.15, 0.2) is 5.60 Å². The summed E-state index contributed by atoms with van der Waals surface area (Å²) in [6.45, 7) is 1.62. The molecule has 0 aliphatic rings. The van der Waals surface area contributed by atoms with Crippen molar-refractivity contribution in [3.8, 4) is 17.5 Å². The molecule has 0 amide bonds. The Morgan fingerprint density at radius 1 is 1.21 bits per heavy atom. The summed E-state index contributed by atoms with van der Waals surface area (Å²) in [6, 6.07) is 15.1. The first-order chi connectivity index (χ1) is 13.5. The van der Waals surface area contributed by atoms with Gasteiger partial charge in [0.25, 0.3) is 0 Å². The molecule has 0 radical (unpaired) electrons. The van der Waals surface area contributed by atoms with E-state index in [9.17, 15) is 10.2 Å². The molecule has 0 spiro atoms. The van der Waals surface area contributed by atoms with Gasteiger partial charge in [-0.05, 0) is 31.2 Å². The van der Waals surface area contributed by atoms with E-state index < -0.39 is 11.8 Å². The summed E-state index contributed by atoms with van der Waals surface area (Å²) in [7, 11) is 0. The Bertz CT molecular complexity index is 1180. The van der Waals surface area contributed by atoms with Crippen molar-refractivity contribution in [2.45, 2.75) is 18.8 Å². The lowest BCUT2D eigenvalue weighted by Crippen LogP contribution is -2.17. The van der Waals surface area contributed by atoms with Crippen LogP contribution in [0.2, 0.25) is 0 Å². The predicted octanol–water partition coefficient (Wildman–Crippen LogP) is 2.69. The average Bonchev–Trinajstić information content (AvgIpc) is 3.35. The van der Waals surface area contributed by atoms with Crippen molar-refractivity contribution in [1.82, 2.24) is 14.8 Å². The minimum absolute atomic E-state index is 0.416. The number of hydrogen-bond acceptors (Lipinski definition) is 6. The summed E-state index contributed by atoms with van der Waals surface area (Å²) >= 11 is 1.36. The van der Waals surface area contributed by atoms with Crippen molar-refractivity contribution < 1.29 is 10.2 Å². The van der Waals surface area contributed by atoms with Crippen LogP contribution in [0.3, 0.4) is 0 Å². The highest BCUT2D eigenvalue weighted by Crippen LogP contribution is 2.25. The van der Waals surface area contributed by atoms with Crippen molar-refractivity contribution in [3.05, 3.63) is 76.4 Å². The average molecular weight is 390 g/mol. The SMILES string of the molecule is C[C@@](O)(C#Cc1cccc(-n2nc(C(N)O)c3ccccc32)c1)c1nccs1. The van der Waals surface area contributed by atoms with Crippen LogP contribution in [0.15, 0.2) is 60.1 Å². The number of thiazole rings is 1. The maximum Gasteiger partial charge on any atom is 0.174 e. The number of fused-ring (bicyclic) bond motifs is 1. The molecule has 0 aliphatic carbocycles. The molecule has 6 nitrogen and oxygen atoms in total. The minimum atomic E-state index is -1.32. The van der Waals surface area contributed by atoms with E-state index in [1.165, 1.54) is 11.3 Å². The van der Waals surface area contributed by atoms with Gasteiger partial charge in [0, 0.05) is 22.5 Å². The number of rotatable bonds is 3. The number of benzene rings is 2. The van der Waals surface area contributed by atoms with Crippen LogP contribution in [-0.4, -0.2) is 25.0 Å². The largest absolute Gasteiger partial charge is 0.373 e. The maximum atomic E-state index is 10.5. The molecular weight excluding hydrogens is 372 g/mol. The van der Waals surface area contributed by atoms with Gasteiger partial charge in [-0.1, -0.05) is 36.1 Å². The molecular formula is C21H18N4O2S. The lowest BCUT2D eigenvalue weighted by molar-refractivity contribution is 0.122. The molecule has 28 heavy (non-hydrogen) atoms. The van der Waals surface area contributed by atoms with Gasteiger partial charge in [0.1, 0.15) is 16.9 Å². The second-order valence-corrected chi connectivity index (χ2v) is 7.36. The zero-order chi connectivity index (χ0) is 19.7. The molecule has 2 heterocycles. The van der Waals surface area contributed by atoms with Gasteiger partial charge < -0.3 is 15.9 Å². The van der Waals surface area contributed by atoms with Crippen molar-refractivity contribution in [1.29, 1.82) is 0 Å². The fraction of sp³-hybridized carbons (Fsp3) is 0.143. The molecule has 2 aromatic carbocycles. The minimum Gasteiger partial charge on any atom is -0.373 e. The molecule has 7 heteroatoms. The zero-order valence-electron chi connectivity index (χ0n) is 15.1. The van der Waals surface area contributed by atoms with E-state index in [1.807, 2.05) is 48.5 Å². The number of aliphatic hydroxyl groups excluding tert-OH is 1. The second-order valence-electron chi connectivity index (χ2n) is 6.47. The molecule has 4 aromatic rings. The van der Waals surface area contributed by atoms with Crippen LogP contribution >= 0.6 is 11.3 Å². The normalized spacial score (nSPS) is 14.3. The quantitative estimate of drug-likeness (QED) is 0.369. The Labute approximate surface area is 165 Å². The number of para-hydroxylation sites is 1. The summed E-state index contributed by atoms with van der Waals surface area (Å²) in [5.41, 5.74) is 7.11. The summed E-state index contributed by atoms with van der Waals surface area (Å²) in [5.74, 6) is 5.89. The molecule has 2 aromatic heterocycles. The van der Waals surface area contributed by atoms with Gasteiger partial charge in [0.05, 0.1) is 11.2 Å². The van der Waals surface area contributed by atoms with Gasteiger partial charge in [-0.3, -0.25) is 0 Å². The van der Waals surface area contributed by atoms with E-state index in [4.69, 9.17) is 5.73 Å². The van der Waals surface area contributed by atoms with Crippen molar-refractivity contribution in [2.24, 2.45) is 5.73 Å². The first kappa shape index (κ1) is 18.3. The Hall–Kier alpha value is -3.02. The van der Waals surface area contributed by atoms with Crippen LogP contribution in [0, 0.1) is 11.8 Å². The monoisotopic (exact) mass is 390 g/mol. The van der Waals surface area contributed by atoms with Crippen LogP contribution in [0.5, 0.6) is 0 Å².